The quantitative estimate of drug-likeness (QED) is 0.692. The predicted molar refractivity (Wildman–Crippen MR) is 134 cm³/mol. The monoisotopic (exact) mass is 434 g/mol. The number of anilines is 2. The van der Waals surface area contributed by atoms with E-state index in [1.54, 1.807) is 0 Å². The number of piperazine rings is 2. The van der Waals surface area contributed by atoms with Crippen LogP contribution in [-0.4, -0.2) is 68.2 Å². The van der Waals surface area contributed by atoms with Crippen LogP contribution < -0.4 is 9.80 Å². The second-order valence-corrected chi connectivity index (χ2v) is 9.73. The number of carbonyl (C=O) groups is 1. The van der Waals surface area contributed by atoms with Gasteiger partial charge in [-0.1, -0.05) is 35.4 Å². The zero-order chi connectivity index (χ0) is 23.0. The van der Waals surface area contributed by atoms with Gasteiger partial charge < -0.3 is 19.6 Å². The third-order valence-corrected chi connectivity index (χ3v) is 7.00. The first-order valence-corrected chi connectivity index (χ1v) is 11.9. The Morgan fingerprint density at radius 3 is 1.09 bits per heavy atom. The molecule has 2 aromatic carbocycles. The molecule has 2 saturated heterocycles. The van der Waals surface area contributed by atoms with Crippen LogP contribution in [0.1, 0.15) is 33.4 Å². The van der Waals surface area contributed by atoms with E-state index < -0.39 is 0 Å². The Balaban J connectivity index is 1.34. The second kappa shape index (κ2) is 9.05. The molecule has 5 nitrogen and oxygen atoms in total. The number of hydrogen-bond donors (Lipinski definition) is 0. The highest BCUT2D eigenvalue weighted by atomic mass is 16.2. The lowest BCUT2D eigenvalue weighted by molar-refractivity contribution is 0.147. The lowest BCUT2D eigenvalue weighted by Gasteiger charge is -2.42. The van der Waals surface area contributed by atoms with Gasteiger partial charge in [0.2, 0.25) is 0 Å². The minimum atomic E-state index is 0.207. The first kappa shape index (κ1) is 22.5. The summed E-state index contributed by atoms with van der Waals surface area (Å²) in [6, 6.07) is 9.25. The van der Waals surface area contributed by atoms with Crippen molar-refractivity contribution in [1.29, 1.82) is 0 Å². The third-order valence-electron chi connectivity index (χ3n) is 7.00. The van der Waals surface area contributed by atoms with E-state index in [9.17, 15) is 4.79 Å². The van der Waals surface area contributed by atoms with Gasteiger partial charge in [-0.15, -0.1) is 0 Å². The normalized spacial score (nSPS) is 17.2. The Morgan fingerprint density at radius 2 is 0.812 bits per heavy atom. The minimum absolute atomic E-state index is 0.207. The molecule has 172 valence electrons. The third kappa shape index (κ3) is 4.43. The van der Waals surface area contributed by atoms with Crippen molar-refractivity contribution in [2.45, 2.75) is 41.5 Å². The van der Waals surface area contributed by atoms with Crippen LogP contribution in [0.15, 0.2) is 24.3 Å². The molecule has 0 unspecified atom stereocenters. The summed E-state index contributed by atoms with van der Waals surface area (Å²) in [5.41, 5.74) is 10.7. The molecule has 0 aliphatic carbocycles. The lowest BCUT2D eigenvalue weighted by atomic mass is 10.0. The highest BCUT2D eigenvalue weighted by molar-refractivity contribution is 5.75. The number of hydrogen-bond acceptors (Lipinski definition) is 3. The van der Waals surface area contributed by atoms with Gasteiger partial charge in [0.25, 0.3) is 0 Å². The maximum absolute atomic E-state index is 13.2. The average Bonchev–Trinajstić information content (AvgIpc) is 2.73. The Hall–Kier alpha value is -2.69. The maximum Gasteiger partial charge on any atom is 0.320 e. The van der Waals surface area contributed by atoms with Crippen molar-refractivity contribution in [3.8, 4) is 0 Å². The molecule has 0 atom stereocenters. The van der Waals surface area contributed by atoms with E-state index in [0.29, 0.717) is 0 Å². The Morgan fingerprint density at radius 1 is 0.531 bits per heavy atom. The van der Waals surface area contributed by atoms with Crippen LogP contribution >= 0.6 is 0 Å². The van der Waals surface area contributed by atoms with E-state index in [0.717, 1.165) is 52.4 Å². The second-order valence-electron chi connectivity index (χ2n) is 9.73. The fourth-order valence-electron chi connectivity index (χ4n) is 5.79. The van der Waals surface area contributed by atoms with E-state index in [1.165, 1.54) is 44.8 Å². The summed E-state index contributed by atoms with van der Waals surface area (Å²) in [6.07, 6.45) is 0. The molecule has 2 fully saturated rings. The first-order chi connectivity index (χ1) is 15.2. The topological polar surface area (TPSA) is 30.0 Å². The molecule has 32 heavy (non-hydrogen) atoms. The molecule has 0 N–H and O–H groups in total. The highest BCUT2D eigenvalue weighted by Gasteiger charge is 2.29. The lowest BCUT2D eigenvalue weighted by Crippen LogP contribution is -2.57. The van der Waals surface area contributed by atoms with Gasteiger partial charge in [0.05, 0.1) is 0 Å². The number of aryl methyl sites for hydroxylation is 6. The molecule has 2 heterocycles. The summed E-state index contributed by atoms with van der Waals surface area (Å²) >= 11 is 0. The molecule has 2 amide bonds. The highest BCUT2D eigenvalue weighted by Crippen LogP contribution is 2.29. The van der Waals surface area contributed by atoms with Crippen LogP contribution in [0.3, 0.4) is 0 Å². The van der Waals surface area contributed by atoms with Gasteiger partial charge in [0, 0.05) is 63.7 Å². The van der Waals surface area contributed by atoms with Crippen molar-refractivity contribution in [3.05, 3.63) is 57.6 Å². The van der Waals surface area contributed by atoms with E-state index in [4.69, 9.17) is 0 Å². The molecular weight excluding hydrogens is 396 g/mol. The van der Waals surface area contributed by atoms with Gasteiger partial charge >= 0.3 is 6.03 Å². The van der Waals surface area contributed by atoms with Crippen LogP contribution in [-0.2, 0) is 0 Å². The molecular formula is C27H38N4O. The number of amides is 2. The summed E-state index contributed by atoms with van der Waals surface area (Å²) in [7, 11) is 0. The molecule has 2 aliphatic rings. The van der Waals surface area contributed by atoms with E-state index in [1.807, 2.05) is 9.80 Å². The molecule has 0 saturated carbocycles. The summed E-state index contributed by atoms with van der Waals surface area (Å²) < 4.78 is 0. The van der Waals surface area contributed by atoms with Gasteiger partial charge in [-0.3, -0.25) is 0 Å². The Kier molecular flexibility index (Phi) is 6.36. The van der Waals surface area contributed by atoms with E-state index in [2.05, 4.69) is 75.6 Å². The van der Waals surface area contributed by atoms with Crippen molar-refractivity contribution < 1.29 is 4.79 Å². The van der Waals surface area contributed by atoms with Crippen molar-refractivity contribution in [1.82, 2.24) is 9.80 Å². The van der Waals surface area contributed by atoms with Crippen molar-refractivity contribution >= 4 is 17.4 Å². The fraction of sp³-hybridized carbons (Fsp3) is 0.519. The van der Waals surface area contributed by atoms with Gasteiger partial charge in [-0.2, -0.15) is 0 Å². The van der Waals surface area contributed by atoms with Crippen LogP contribution in [0.2, 0.25) is 0 Å². The van der Waals surface area contributed by atoms with Crippen LogP contribution in [0.4, 0.5) is 16.2 Å². The molecule has 2 aliphatic heterocycles. The zero-order valence-corrected chi connectivity index (χ0v) is 20.7. The van der Waals surface area contributed by atoms with Crippen molar-refractivity contribution in [2.24, 2.45) is 0 Å². The van der Waals surface area contributed by atoms with Crippen LogP contribution in [0.25, 0.3) is 0 Å². The number of urea groups is 1. The standard InChI is InChI=1S/C27H38N4O/c1-19-15-21(3)25(22(4)16-19)28-7-11-30(12-8-28)27(32)31-13-9-29(10-14-31)26-23(5)17-20(2)18-24(26)6/h15-18H,7-14H2,1-6H3. The van der Waals surface area contributed by atoms with E-state index in [-0.39, 0.29) is 6.03 Å². The van der Waals surface area contributed by atoms with Crippen molar-refractivity contribution in [2.75, 3.05) is 62.2 Å². The van der Waals surface area contributed by atoms with Crippen LogP contribution in [0.5, 0.6) is 0 Å². The fourth-order valence-corrected chi connectivity index (χ4v) is 5.79. The molecule has 4 rings (SSSR count). The molecule has 0 bridgehead atoms. The molecule has 0 spiro atoms. The summed E-state index contributed by atoms with van der Waals surface area (Å²) in [5.74, 6) is 0. The van der Waals surface area contributed by atoms with Gasteiger partial charge in [0.1, 0.15) is 0 Å². The molecule has 0 radical (unpaired) electrons. The van der Waals surface area contributed by atoms with Gasteiger partial charge in [-0.05, 0) is 63.8 Å². The summed E-state index contributed by atoms with van der Waals surface area (Å²) in [6.45, 7) is 19.9. The maximum atomic E-state index is 13.2. The minimum Gasteiger partial charge on any atom is -0.368 e. The summed E-state index contributed by atoms with van der Waals surface area (Å²) in [5, 5.41) is 0. The van der Waals surface area contributed by atoms with Crippen molar-refractivity contribution in [3.63, 3.8) is 0 Å². The predicted octanol–water partition coefficient (Wildman–Crippen LogP) is 4.60. The largest absolute Gasteiger partial charge is 0.368 e. The molecule has 5 heteroatoms. The Labute approximate surface area is 193 Å². The first-order valence-electron chi connectivity index (χ1n) is 11.9. The van der Waals surface area contributed by atoms with Crippen LogP contribution in [0, 0.1) is 41.5 Å². The smallest absolute Gasteiger partial charge is 0.320 e. The average molecular weight is 435 g/mol. The number of carbonyl (C=O) groups excluding carboxylic acids is 1. The van der Waals surface area contributed by atoms with E-state index >= 15 is 0 Å². The number of rotatable bonds is 2. The van der Waals surface area contributed by atoms with Gasteiger partial charge in [0.15, 0.2) is 0 Å². The molecule has 2 aromatic rings. The number of benzene rings is 2. The zero-order valence-electron chi connectivity index (χ0n) is 20.7. The summed E-state index contributed by atoms with van der Waals surface area (Å²) in [4.78, 5) is 22.2. The Bertz CT molecular complexity index is 873. The SMILES string of the molecule is Cc1cc(C)c(N2CCN(C(=O)N3CCN(c4c(C)cc(C)cc4C)CC3)CC2)c(C)c1. The van der Waals surface area contributed by atoms with Gasteiger partial charge in [-0.25, -0.2) is 4.79 Å². The molecule has 0 aromatic heterocycles. The number of nitrogens with zero attached hydrogens (tertiary/aromatic N) is 4.